The number of aliphatic hydroxyl groups excluding tert-OH is 1. The molecule has 0 aromatic rings. The van der Waals surface area contributed by atoms with Crippen LogP contribution in [0.5, 0.6) is 0 Å². The van der Waals surface area contributed by atoms with Gasteiger partial charge in [-0.25, -0.2) is 0 Å². The summed E-state index contributed by atoms with van der Waals surface area (Å²) in [5.41, 5.74) is 0. The van der Waals surface area contributed by atoms with Crippen molar-refractivity contribution < 1.29 is 14.6 Å². The lowest BCUT2D eigenvalue weighted by Crippen LogP contribution is -2.34. The highest BCUT2D eigenvalue weighted by Crippen LogP contribution is 2.21. The van der Waals surface area contributed by atoms with Crippen molar-refractivity contribution >= 4 is 5.91 Å². The molecule has 0 aliphatic carbocycles. The van der Waals surface area contributed by atoms with Gasteiger partial charge in [0, 0.05) is 32.2 Å². The third kappa shape index (κ3) is 1.91. The van der Waals surface area contributed by atoms with Crippen LogP contribution in [-0.4, -0.2) is 48.8 Å². The Kier molecular flexibility index (Phi) is 3.03. The lowest BCUT2D eigenvalue weighted by atomic mass is 10.1. The SMILES string of the molecule is O=C([C@H]1CCOC1)N1CC[C@H](CO)C1. The molecule has 80 valence electrons. The summed E-state index contributed by atoms with van der Waals surface area (Å²) < 4.78 is 5.19. The Balaban J connectivity index is 1.86. The van der Waals surface area contributed by atoms with Crippen molar-refractivity contribution in [1.82, 2.24) is 4.90 Å². The Labute approximate surface area is 83.8 Å². The van der Waals surface area contributed by atoms with Gasteiger partial charge in [0.15, 0.2) is 0 Å². The van der Waals surface area contributed by atoms with Crippen LogP contribution < -0.4 is 0 Å². The molecule has 2 aliphatic rings. The normalized spacial score (nSPS) is 32.5. The van der Waals surface area contributed by atoms with Crippen LogP contribution in [0.3, 0.4) is 0 Å². The molecule has 0 radical (unpaired) electrons. The summed E-state index contributed by atoms with van der Waals surface area (Å²) in [6, 6.07) is 0. The number of likely N-dealkylation sites (tertiary alicyclic amines) is 1. The molecule has 0 spiro atoms. The zero-order valence-corrected chi connectivity index (χ0v) is 8.32. The highest BCUT2D eigenvalue weighted by Gasteiger charge is 2.32. The number of aliphatic hydroxyl groups is 1. The summed E-state index contributed by atoms with van der Waals surface area (Å²) in [5, 5.41) is 8.97. The molecule has 1 N–H and O–H groups in total. The first kappa shape index (κ1) is 9.93. The molecular weight excluding hydrogens is 182 g/mol. The van der Waals surface area contributed by atoms with Crippen LogP contribution in [0, 0.1) is 11.8 Å². The highest BCUT2D eigenvalue weighted by atomic mass is 16.5. The van der Waals surface area contributed by atoms with Crippen LogP contribution in [0.2, 0.25) is 0 Å². The van der Waals surface area contributed by atoms with Crippen molar-refractivity contribution in [2.24, 2.45) is 11.8 Å². The second-order valence-electron chi connectivity index (χ2n) is 4.18. The molecule has 0 saturated carbocycles. The van der Waals surface area contributed by atoms with Gasteiger partial charge in [-0.1, -0.05) is 0 Å². The number of rotatable bonds is 2. The number of hydrogen-bond donors (Lipinski definition) is 1. The number of amides is 1. The van der Waals surface area contributed by atoms with Gasteiger partial charge in [-0.3, -0.25) is 4.79 Å². The van der Waals surface area contributed by atoms with Gasteiger partial charge >= 0.3 is 0 Å². The number of nitrogens with zero attached hydrogens (tertiary/aromatic N) is 1. The number of ether oxygens (including phenoxy) is 1. The van der Waals surface area contributed by atoms with Gasteiger partial charge < -0.3 is 14.7 Å². The molecular formula is C10H17NO3. The van der Waals surface area contributed by atoms with E-state index in [4.69, 9.17) is 9.84 Å². The second kappa shape index (κ2) is 4.28. The molecule has 2 fully saturated rings. The zero-order valence-electron chi connectivity index (χ0n) is 8.32. The molecule has 2 heterocycles. The Morgan fingerprint density at radius 2 is 2.36 bits per heavy atom. The Hall–Kier alpha value is -0.610. The van der Waals surface area contributed by atoms with Crippen LogP contribution in [0.25, 0.3) is 0 Å². The molecule has 0 unspecified atom stereocenters. The zero-order chi connectivity index (χ0) is 9.97. The lowest BCUT2D eigenvalue weighted by molar-refractivity contribution is -0.134. The molecule has 0 bridgehead atoms. The average Bonchev–Trinajstić information content (AvgIpc) is 2.88. The van der Waals surface area contributed by atoms with E-state index in [9.17, 15) is 4.79 Å². The minimum Gasteiger partial charge on any atom is -0.396 e. The second-order valence-corrected chi connectivity index (χ2v) is 4.18. The predicted molar refractivity (Wildman–Crippen MR) is 50.7 cm³/mol. The van der Waals surface area contributed by atoms with E-state index in [2.05, 4.69) is 0 Å². The number of hydrogen-bond acceptors (Lipinski definition) is 3. The molecule has 2 saturated heterocycles. The van der Waals surface area contributed by atoms with Gasteiger partial charge in [-0.05, 0) is 12.8 Å². The average molecular weight is 199 g/mol. The molecule has 1 amide bonds. The summed E-state index contributed by atoms with van der Waals surface area (Å²) in [6.07, 6.45) is 1.80. The topological polar surface area (TPSA) is 49.8 Å². The molecule has 0 aromatic carbocycles. The molecule has 2 aliphatic heterocycles. The van der Waals surface area contributed by atoms with Crippen LogP contribution in [0.15, 0.2) is 0 Å². The van der Waals surface area contributed by atoms with Crippen LogP contribution in [0.4, 0.5) is 0 Å². The fourth-order valence-electron chi connectivity index (χ4n) is 2.17. The van der Waals surface area contributed by atoms with Gasteiger partial charge in [-0.2, -0.15) is 0 Å². The standard InChI is InChI=1S/C10H17NO3/c12-6-8-1-3-11(5-8)10(13)9-2-4-14-7-9/h8-9,12H,1-7H2/t8-,9-/m0/s1. The maximum absolute atomic E-state index is 11.9. The van der Waals surface area contributed by atoms with Gasteiger partial charge in [0.1, 0.15) is 0 Å². The Bertz CT molecular complexity index is 213. The van der Waals surface area contributed by atoms with Crippen molar-refractivity contribution in [3.05, 3.63) is 0 Å². The van der Waals surface area contributed by atoms with Crippen molar-refractivity contribution in [3.63, 3.8) is 0 Å². The van der Waals surface area contributed by atoms with Crippen molar-refractivity contribution in [3.8, 4) is 0 Å². The summed E-state index contributed by atoms with van der Waals surface area (Å²) in [7, 11) is 0. The van der Waals surface area contributed by atoms with Crippen molar-refractivity contribution in [2.45, 2.75) is 12.8 Å². The molecule has 2 rings (SSSR count). The van der Waals surface area contributed by atoms with E-state index in [0.717, 1.165) is 25.9 Å². The molecule has 14 heavy (non-hydrogen) atoms. The van der Waals surface area contributed by atoms with E-state index in [-0.39, 0.29) is 18.4 Å². The third-order valence-corrected chi connectivity index (χ3v) is 3.13. The minimum absolute atomic E-state index is 0.0763. The number of carbonyl (C=O) groups is 1. The van der Waals surface area contributed by atoms with E-state index in [1.165, 1.54) is 0 Å². The summed E-state index contributed by atoms with van der Waals surface area (Å²) in [6.45, 7) is 3.03. The first-order chi connectivity index (χ1) is 6.81. The van der Waals surface area contributed by atoms with Crippen LogP contribution >= 0.6 is 0 Å². The summed E-state index contributed by atoms with van der Waals surface area (Å²) in [5.74, 6) is 0.590. The van der Waals surface area contributed by atoms with Gasteiger partial charge in [0.2, 0.25) is 5.91 Å². The van der Waals surface area contributed by atoms with Gasteiger partial charge in [-0.15, -0.1) is 0 Å². The maximum atomic E-state index is 11.9. The fraction of sp³-hybridized carbons (Fsp3) is 0.900. The molecule has 2 atom stereocenters. The smallest absolute Gasteiger partial charge is 0.228 e. The first-order valence-electron chi connectivity index (χ1n) is 5.28. The monoisotopic (exact) mass is 199 g/mol. The van der Waals surface area contributed by atoms with E-state index in [1.54, 1.807) is 0 Å². The van der Waals surface area contributed by atoms with Crippen molar-refractivity contribution in [1.29, 1.82) is 0 Å². The largest absolute Gasteiger partial charge is 0.396 e. The predicted octanol–water partition coefficient (Wildman–Crippen LogP) is -0.136. The van der Waals surface area contributed by atoms with Gasteiger partial charge in [0.25, 0.3) is 0 Å². The van der Waals surface area contributed by atoms with Crippen LogP contribution in [0.1, 0.15) is 12.8 Å². The molecule has 4 nitrogen and oxygen atoms in total. The fourth-order valence-corrected chi connectivity index (χ4v) is 2.17. The lowest BCUT2D eigenvalue weighted by Gasteiger charge is -2.19. The van der Waals surface area contributed by atoms with E-state index >= 15 is 0 Å². The third-order valence-electron chi connectivity index (χ3n) is 3.13. The van der Waals surface area contributed by atoms with Crippen molar-refractivity contribution in [2.75, 3.05) is 32.9 Å². The highest BCUT2D eigenvalue weighted by molar-refractivity contribution is 5.79. The summed E-state index contributed by atoms with van der Waals surface area (Å²) >= 11 is 0. The first-order valence-corrected chi connectivity index (χ1v) is 5.28. The van der Waals surface area contributed by atoms with E-state index in [0.29, 0.717) is 19.1 Å². The number of carbonyl (C=O) groups excluding carboxylic acids is 1. The van der Waals surface area contributed by atoms with Gasteiger partial charge in [0.05, 0.1) is 12.5 Å². The minimum atomic E-state index is 0.0763. The van der Waals surface area contributed by atoms with Crippen LogP contribution in [-0.2, 0) is 9.53 Å². The Morgan fingerprint density at radius 3 is 2.93 bits per heavy atom. The molecule has 4 heteroatoms. The maximum Gasteiger partial charge on any atom is 0.228 e. The van der Waals surface area contributed by atoms with E-state index in [1.807, 2.05) is 4.90 Å². The Morgan fingerprint density at radius 1 is 1.50 bits per heavy atom. The molecule has 0 aromatic heterocycles. The quantitative estimate of drug-likeness (QED) is 0.673. The summed E-state index contributed by atoms with van der Waals surface area (Å²) in [4.78, 5) is 13.7. The van der Waals surface area contributed by atoms with E-state index < -0.39 is 0 Å².